The molecule has 0 saturated heterocycles. The van der Waals surface area contributed by atoms with E-state index in [0.29, 0.717) is 5.70 Å². The number of rotatable bonds is 4. The Balaban J connectivity index is 3.25. The topological polar surface area (TPSA) is 26.0 Å². The molecule has 0 aliphatic rings. The van der Waals surface area contributed by atoms with Gasteiger partial charge in [-0.2, -0.15) is 0 Å². The standard InChI is InChI=1S/C16H20ClN/c1-10(2)16(8-12(4)13(5)18)14-6-11(3)7-15(17)9-14/h6-9,16H,1,5,18H2,2-4H3/b12-8+. The molecule has 0 aliphatic heterocycles. The molecule has 0 heterocycles. The smallest absolute Gasteiger partial charge is 0.0411 e. The lowest BCUT2D eigenvalue weighted by atomic mass is 9.90. The Morgan fingerprint density at radius 2 is 1.89 bits per heavy atom. The number of aryl methyl sites for hydroxylation is 1. The number of benzene rings is 1. The van der Waals surface area contributed by atoms with E-state index in [-0.39, 0.29) is 5.92 Å². The third-order valence-corrected chi connectivity index (χ3v) is 3.10. The minimum Gasteiger partial charge on any atom is -0.399 e. The third kappa shape index (κ3) is 3.78. The fourth-order valence-electron chi connectivity index (χ4n) is 1.82. The summed E-state index contributed by atoms with van der Waals surface area (Å²) in [6.07, 6.45) is 2.08. The van der Waals surface area contributed by atoms with Gasteiger partial charge in [0.2, 0.25) is 0 Å². The SMILES string of the molecule is C=C(N)/C(C)=C/C(C(=C)C)c1cc(C)cc(Cl)c1. The maximum Gasteiger partial charge on any atom is 0.0411 e. The van der Waals surface area contributed by atoms with E-state index in [9.17, 15) is 0 Å². The highest BCUT2D eigenvalue weighted by atomic mass is 35.5. The average Bonchev–Trinajstić information content (AvgIpc) is 2.23. The molecule has 1 unspecified atom stereocenters. The van der Waals surface area contributed by atoms with Gasteiger partial charge in [-0.15, -0.1) is 0 Å². The Bertz CT molecular complexity index is 492. The lowest BCUT2D eigenvalue weighted by Crippen LogP contribution is -2.02. The quantitative estimate of drug-likeness (QED) is 0.616. The maximum absolute atomic E-state index is 6.11. The molecular formula is C16H20ClN. The molecule has 1 rings (SSSR count). The highest BCUT2D eigenvalue weighted by Crippen LogP contribution is 2.29. The van der Waals surface area contributed by atoms with Crippen LogP contribution in [0.2, 0.25) is 5.02 Å². The van der Waals surface area contributed by atoms with Crippen molar-refractivity contribution in [1.82, 2.24) is 0 Å². The number of allylic oxidation sites excluding steroid dienone is 3. The van der Waals surface area contributed by atoms with Crippen molar-refractivity contribution in [3.63, 3.8) is 0 Å². The highest BCUT2D eigenvalue weighted by Gasteiger charge is 2.11. The third-order valence-electron chi connectivity index (χ3n) is 2.88. The van der Waals surface area contributed by atoms with E-state index in [1.54, 1.807) is 0 Å². The molecule has 0 saturated carbocycles. The Hall–Kier alpha value is -1.47. The van der Waals surface area contributed by atoms with E-state index in [1.165, 1.54) is 0 Å². The van der Waals surface area contributed by atoms with Crippen LogP contribution in [0.1, 0.15) is 30.9 Å². The number of hydrogen-bond acceptors (Lipinski definition) is 1. The minimum atomic E-state index is 0.114. The molecule has 0 bridgehead atoms. The van der Waals surface area contributed by atoms with Crippen molar-refractivity contribution >= 4 is 11.6 Å². The van der Waals surface area contributed by atoms with Crippen molar-refractivity contribution in [3.8, 4) is 0 Å². The number of hydrogen-bond donors (Lipinski definition) is 1. The summed E-state index contributed by atoms with van der Waals surface area (Å²) in [7, 11) is 0. The van der Waals surface area contributed by atoms with Crippen LogP contribution in [0.5, 0.6) is 0 Å². The van der Waals surface area contributed by atoms with Gasteiger partial charge in [-0.3, -0.25) is 0 Å². The number of nitrogens with two attached hydrogens (primary N) is 1. The normalized spacial score (nSPS) is 13.2. The summed E-state index contributed by atoms with van der Waals surface area (Å²) >= 11 is 6.11. The van der Waals surface area contributed by atoms with Gasteiger partial charge in [0.05, 0.1) is 0 Å². The zero-order valence-electron chi connectivity index (χ0n) is 11.3. The van der Waals surface area contributed by atoms with Gasteiger partial charge in [0, 0.05) is 16.6 Å². The van der Waals surface area contributed by atoms with Crippen molar-refractivity contribution < 1.29 is 0 Å². The van der Waals surface area contributed by atoms with Crippen molar-refractivity contribution in [2.45, 2.75) is 26.7 Å². The van der Waals surface area contributed by atoms with Crippen LogP contribution in [0.3, 0.4) is 0 Å². The zero-order chi connectivity index (χ0) is 13.9. The molecule has 2 heteroatoms. The van der Waals surface area contributed by atoms with E-state index in [2.05, 4.69) is 25.3 Å². The van der Waals surface area contributed by atoms with Gasteiger partial charge in [-0.05, 0) is 49.6 Å². The second-order valence-corrected chi connectivity index (χ2v) is 5.20. The van der Waals surface area contributed by atoms with E-state index < -0.39 is 0 Å². The van der Waals surface area contributed by atoms with Crippen molar-refractivity contribution in [2.75, 3.05) is 0 Å². The first-order valence-corrected chi connectivity index (χ1v) is 6.24. The predicted molar refractivity (Wildman–Crippen MR) is 80.8 cm³/mol. The molecule has 96 valence electrons. The zero-order valence-corrected chi connectivity index (χ0v) is 12.0. The molecular weight excluding hydrogens is 242 g/mol. The second kappa shape index (κ2) is 5.92. The van der Waals surface area contributed by atoms with Crippen LogP contribution in [0, 0.1) is 6.92 Å². The summed E-state index contributed by atoms with van der Waals surface area (Å²) < 4.78 is 0. The Morgan fingerprint density at radius 1 is 1.28 bits per heavy atom. The molecule has 0 aromatic heterocycles. The molecule has 0 spiro atoms. The fourth-order valence-corrected chi connectivity index (χ4v) is 2.12. The summed E-state index contributed by atoms with van der Waals surface area (Å²) in [5.41, 5.74) is 10.6. The predicted octanol–water partition coefficient (Wildman–Crippen LogP) is 4.73. The van der Waals surface area contributed by atoms with Crippen LogP contribution >= 0.6 is 11.6 Å². The second-order valence-electron chi connectivity index (χ2n) is 4.76. The molecule has 0 aliphatic carbocycles. The van der Waals surface area contributed by atoms with Gasteiger partial charge >= 0.3 is 0 Å². The molecule has 0 fully saturated rings. The van der Waals surface area contributed by atoms with Crippen LogP contribution in [0.15, 0.2) is 54.3 Å². The summed E-state index contributed by atoms with van der Waals surface area (Å²) in [4.78, 5) is 0. The Labute approximate surface area is 115 Å². The molecule has 1 aromatic rings. The summed E-state index contributed by atoms with van der Waals surface area (Å²) in [5, 5.41) is 0.744. The van der Waals surface area contributed by atoms with Crippen molar-refractivity contribution in [1.29, 1.82) is 0 Å². The van der Waals surface area contributed by atoms with E-state index >= 15 is 0 Å². The molecule has 0 radical (unpaired) electrons. The molecule has 18 heavy (non-hydrogen) atoms. The van der Waals surface area contributed by atoms with Gasteiger partial charge in [-0.25, -0.2) is 0 Å². The fraction of sp³-hybridized carbons (Fsp3) is 0.250. The van der Waals surface area contributed by atoms with Gasteiger partial charge in [0.15, 0.2) is 0 Å². The lowest BCUT2D eigenvalue weighted by molar-refractivity contribution is 0.978. The summed E-state index contributed by atoms with van der Waals surface area (Å²) in [6, 6.07) is 6.03. The van der Waals surface area contributed by atoms with E-state index in [0.717, 1.165) is 27.3 Å². The Morgan fingerprint density at radius 3 is 2.33 bits per heavy atom. The maximum atomic E-state index is 6.11. The first-order chi connectivity index (χ1) is 8.31. The average molecular weight is 262 g/mol. The lowest BCUT2D eigenvalue weighted by Gasteiger charge is -2.16. The van der Waals surface area contributed by atoms with Gasteiger partial charge in [-0.1, -0.05) is 42.5 Å². The van der Waals surface area contributed by atoms with Crippen LogP contribution in [0.4, 0.5) is 0 Å². The molecule has 1 nitrogen and oxygen atoms in total. The van der Waals surface area contributed by atoms with Crippen LogP contribution in [0.25, 0.3) is 0 Å². The van der Waals surface area contributed by atoms with Crippen molar-refractivity contribution in [2.24, 2.45) is 5.73 Å². The first-order valence-electron chi connectivity index (χ1n) is 5.87. The molecule has 1 aromatic carbocycles. The largest absolute Gasteiger partial charge is 0.399 e. The minimum absolute atomic E-state index is 0.114. The molecule has 2 N–H and O–H groups in total. The highest BCUT2D eigenvalue weighted by molar-refractivity contribution is 6.30. The van der Waals surface area contributed by atoms with Crippen LogP contribution < -0.4 is 5.73 Å². The Kier molecular flexibility index (Phi) is 4.80. The summed E-state index contributed by atoms with van der Waals surface area (Å²) in [6.45, 7) is 13.8. The molecule has 0 amide bonds. The van der Waals surface area contributed by atoms with Gasteiger partial charge < -0.3 is 5.73 Å². The summed E-state index contributed by atoms with van der Waals surface area (Å²) in [5.74, 6) is 0.114. The van der Waals surface area contributed by atoms with E-state index in [1.807, 2.05) is 32.9 Å². The van der Waals surface area contributed by atoms with Gasteiger partial charge in [0.25, 0.3) is 0 Å². The first kappa shape index (κ1) is 14.6. The van der Waals surface area contributed by atoms with Crippen LogP contribution in [-0.4, -0.2) is 0 Å². The van der Waals surface area contributed by atoms with Gasteiger partial charge in [0.1, 0.15) is 0 Å². The monoisotopic (exact) mass is 261 g/mol. The van der Waals surface area contributed by atoms with Crippen LogP contribution in [-0.2, 0) is 0 Å². The number of halogens is 1. The molecule has 1 atom stereocenters. The van der Waals surface area contributed by atoms with E-state index in [4.69, 9.17) is 17.3 Å². The van der Waals surface area contributed by atoms with Crippen molar-refractivity contribution in [3.05, 3.63) is 70.4 Å².